The molecular formula is C26H27F3O3. The molecule has 2 aromatic carbocycles. The van der Waals surface area contributed by atoms with Gasteiger partial charge >= 0.3 is 12.1 Å². The van der Waals surface area contributed by atoms with E-state index < -0.39 is 17.7 Å². The third kappa shape index (κ3) is 5.81. The number of hydrogen-bond acceptors (Lipinski definition) is 3. The molecule has 2 aromatic rings. The number of allylic oxidation sites excluding steroid dienone is 1. The van der Waals surface area contributed by atoms with Crippen LogP contribution in [0.15, 0.2) is 48.6 Å². The number of carbonyl (C=O) groups is 1. The lowest BCUT2D eigenvalue weighted by Crippen LogP contribution is -2.10. The predicted octanol–water partition coefficient (Wildman–Crippen LogP) is 6.78. The molecule has 0 spiro atoms. The van der Waals surface area contributed by atoms with E-state index in [0.29, 0.717) is 41.9 Å². The fourth-order valence-corrected chi connectivity index (χ4v) is 3.73. The molecule has 0 heterocycles. The number of esters is 1. The summed E-state index contributed by atoms with van der Waals surface area (Å²) in [6, 6.07) is 10.2. The molecule has 1 aliphatic carbocycles. The zero-order valence-electron chi connectivity index (χ0n) is 18.3. The molecule has 0 unspecified atom stereocenters. The highest BCUT2D eigenvalue weighted by molar-refractivity contribution is 5.87. The molecule has 0 bridgehead atoms. The summed E-state index contributed by atoms with van der Waals surface area (Å²) in [5, 5.41) is 0. The molecule has 170 valence electrons. The molecule has 3 nitrogen and oxygen atoms in total. The molecule has 0 saturated heterocycles. The van der Waals surface area contributed by atoms with Gasteiger partial charge in [0.15, 0.2) is 0 Å². The van der Waals surface area contributed by atoms with E-state index in [-0.39, 0.29) is 12.2 Å². The maximum Gasteiger partial charge on any atom is 0.417 e. The van der Waals surface area contributed by atoms with Crippen molar-refractivity contribution in [1.29, 1.82) is 0 Å². The van der Waals surface area contributed by atoms with Crippen molar-refractivity contribution in [1.82, 2.24) is 0 Å². The maximum atomic E-state index is 13.7. The van der Waals surface area contributed by atoms with Gasteiger partial charge in [0.25, 0.3) is 0 Å². The summed E-state index contributed by atoms with van der Waals surface area (Å²) >= 11 is 0. The Morgan fingerprint density at radius 2 is 1.91 bits per heavy atom. The van der Waals surface area contributed by atoms with Crippen LogP contribution in [0.5, 0.6) is 5.75 Å². The van der Waals surface area contributed by atoms with Gasteiger partial charge in [0.2, 0.25) is 0 Å². The molecule has 0 radical (unpaired) electrons. The van der Waals surface area contributed by atoms with E-state index in [1.54, 1.807) is 26.0 Å². The third-order valence-electron chi connectivity index (χ3n) is 5.32. The van der Waals surface area contributed by atoms with E-state index in [9.17, 15) is 18.0 Å². The van der Waals surface area contributed by atoms with Crippen LogP contribution in [-0.4, -0.2) is 19.2 Å². The third-order valence-corrected chi connectivity index (χ3v) is 5.32. The summed E-state index contributed by atoms with van der Waals surface area (Å²) in [7, 11) is 0. The largest absolute Gasteiger partial charge is 0.493 e. The molecule has 0 aliphatic heterocycles. The zero-order valence-corrected chi connectivity index (χ0v) is 18.3. The number of aryl methyl sites for hydroxylation is 2. The monoisotopic (exact) mass is 444 g/mol. The number of rotatable bonds is 7. The summed E-state index contributed by atoms with van der Waals surface area (Å²) in [5.74, 6) is 0.179. The van der Waals surface area contributed by atoms with Crippen LogP contribution < -0.4 is 4.74 Å². The average Bonchev–Trinajstić information content (AvgIpc) is 2.95. The highest BCUT2D eigenvalue weighted by Gasteiger charge is 2.34. The molecule has 3 rings (SSSR count). The van der Waals surface area contributed by atoms with Gasteiger partial charge in [0.05, 0.1) is 18.8 Å². The fourth-order valence-electron chi connectivity index (χ4n) is 3.73. The summed E-state index contributed by atoms with van der Waals surface area (Å²) < 4.78 is 52.1. The van der Waals surface area contributed by atoms with Crippen LogP contribution in [0.25, 0.3) is 11.6 Å². The average molecular weight is 444 g/mol. The van der Waals surface area contributed by atoms with Gasteiger partial charge in [-0.25, -0.2) is 4.79 Å². The first-order chi connectivity index (χ1) is 15.2. The molecule has 32 heavy (non-hydrogen) atoms. The first kappa shape index (κ1) is 23.6. The smallest absolute Gasteiger partial charge is 0.417 e. The highest BCUT2D eigenvalue weighted by atomic mass is 19.4. The van der Waals surface area contributed by atoms with Crippen LogP contribution in [0.2, 0.25) is 0 Å². The van der Waals surface area contributed by atoms with Gasteiger partial charge < -0.3 is 9.47 Å². The molecule has 6 heteroatoms. The summed E-state index contributed by atoms with van der Waals surface area (Å²) in [4.78, 5) is 11.4. The first-order valence-electron chi connectivity index (χ1n) is 10.6. The van der Waals surface area contributed by atoms with E-state index in [1.165, 1.54) is 6.07 Å². The summed E-state index contributed by atoms with van der Waals surface area (Å²) in [6.07, 6.45) is -0.0277. The Kier molecular flexibility index (Phi) is 7.44. The number of halogens is 3. The topological polar surface area (TPSA) is 35.5 Å². The van der Waals surface area contributed by atoms with Crippen molar-refractivity contribution in [3.05, 3.63) is 76.4 Å². The van der Waals surface area contributed by atoms with E-state index in [1.807, 2.05) is 24.3 Å². The Labute approximate surface area is 186 Å². The maximum absolute atomic E-state index is 13.7. The predicted molar refractivity (Wildman–Crippen MR) is 119 cm³/mol. The van der Waals surface area contributed by atoms with Crippen LogP contribution in [0.3, 0.4) is 0 Å². The van der Waals surface area contributed by atoms with Crippen molar-refractivity contribution in [2.24, 2.45) is 0 Å². The van der Waals surface area contributed by atoms with Gasteiger partial charge in [-0.1, -0.05) is 36.4 Å². The lowest BCUT2D eigenvalue weighted by Gasteiger charge is -2.16. The number of ether oxygens (including phenoxy) is 2. The molecule has 1 aliphatic rings. The number of carbonyl (C=O) groups excluding carboxylic acids is 1. The van der Waals surface area contributed by atoms with Crippen molar-refractivity contribution >= 4 is 17.6 Å². The van der Waals surface area contributed by atoms with Crippen LogP contribution in [0.1, 0.15) is 54.0 Å². The second-order valence-corrected chi connectivity index (χ2v) is 8.02. The molecule has 0 atom stereocenters. The Morgan fingerprint density at radius 3 is 2.62 bits per heavy atom. The normalized spacial score (nSPS) is 13.6. The molecule has 0 saturated carbocycles. The second kappa shape index (κ2) is 10.1. The van der Waals surface area contributed by atoms with Crippen molar-refractivity contribution in [2.45, 2.75) is 45.7 Å². The van der Waals surface area contributed by atoms with Crippen LogP contribution in [0, 0.1) is 6.92 Å². The van der Waals surface area contributed by atoms with Gasteiger partial charge in [0, 0.05) is 17.6 Å². The van der Waals surface area contributed by atoms with Crippen LogP contribution in [0.4, 0.5) is 13.2 Å². The van der Waals surface area contributed by atoms with E-state index >= 15 is 0 Å². The number of hydrogen-bond donors (Lipinski definition) is 0. The standard InChI is InChI=1S/C26H27F3O3/c1-17(2)25(30)32-14-6-13-31-24-10-5-8-19-7-4-9-20(16-22(19)24)21-12-11-18(3)15-23(21)26(27,28)29/h5,8,10-12,15-16H,1,4,6-7,9,13-14H2,2-3H3. The van der Waals surface area contributed by atoms with Gasteiger partial charge in [-0.05, 0) is 68.0 Å². The quantitative estimate of drug-likeness (QED) is 0.268. The Hall–Kier alpha value is -3.02. The summed E-state index contributed by atoms with van der Waals surface area (Å²) in [5.41, 5.74) is 3.04. The Bertz CT molecular complexity index is 1040. The zero-order chi connectivity index (χ0) is 23.3. The van der Waals surface area contributed by atoms with Crippen LogP contribution in [-0.2, 0) is 22.1 Å². The van der Waals surface area contributed by atoms with Crippen LogP contribution >= 0.6 is 0 Å². The number of benzene rings is 2. The first-order valence-corrected chi connectivity index (χ1v) is 10.6. The van der Waals surface area contributed by atoms with Crippen molar-refractivity contribution in [3.8, 4) is 5.75 Å². The molecule has 0 aromatic heterocycles. The van der Waals surface area contributed by atoms with Gasteiger partial charge in [-0.2, -0.15) is 13.2 Å². The van der Waals surface area contributed by atoms with Gasteiger partial charge in [0.1, 0.15) is 5.75 Å². The van der Waals surface area contributed by atoms with Gasteiger partial charge in [-0.15, -0.1) is 0 Å². The van der Waals surface area contributed by atoms with Crippen molar-refractivity contribution < 1.29 is 27.4 Å². The molecule has 0 fully saturated rings. The van der Waals surface area contributed by atoms with E-state index in [2.05, 4.69) is 6.58 Å². The Morgan fingerprint density at radius 1 is 1.12 bits per heavy atom. The van der Waals surface area contributed by atoms with Crippen molar-refractivity contribution in [2.75, 3.05) is 13.2 Å². The summed E-state index contributed by atoms with van der Waals surface area (Å²) in [6.45, 7) is 7.31. The lowest BCUT2D eigenvalue weighted by atomic mass is 9.94. The minimum Gasteiger partial charge on any atom is -0.493 e. The van der Waals surface area contributed by atoms with Crippen molar-refractivity contribution in [3.63, 3.8) is 0 Å². The molecule has 0 N–H and O–H groups in total. The highest BCUT2D eigenvalue weighted by Crippen LogP contribution is 2.40. The molecule has 0 amide bonds. The lowest BCUT2D eigenvalue weighted by molar-refractivity contribution is -0.139. The van der Waals surface area contributed by atoms with E-state index in [0.717, 1.165) is 24.0 Å². The SMILES string of the molecule is C=C(C)C(=O)OCCCOc1cccc2c1C=C(c1ccc(C)cc1C(F)(F)F)CCC2. The minimum absolute atomic E-state index is 0.208. The minimum atomic E-state index is -4.42. The van der Waals surface area contributed by atoms with Gasteiger partial charge in [-0.3, -0.25) is 0 Å². The van der Waals surface area contributed by atoms with E-state index in [4.69, 9.17) is 9.47 Å². The Balaban J connectivity index is 1.84. The fraction of sp³-hybridized carbons (Fsp3) is 0.346. The number of alkyl halides is 3. The number of fused-ring (bicyclic) bond motifs is 1. The molecular weight excluding hydrogens is 417 g/mol. The second-order valence-electron chi connectivity index (χ2n) is 8.02.